The molecule has 0 spiro atoms. The monoisotopic (exact) mass is 199 g/mol. The molecule has 14 heavy (non-hydrogen) atoms. The van der Waals surface area contributed by atoms with Gasteiger partial charge in [0.2, 0.25) is 0 Å². The number of halogens is 1. The van der Waals surface area contributed by atoms with Crippen LogP contribution >= 0.6 is 0 Å². The maximum Gasteiger partial charge on any atom is 0.130 e. The van der Waals surface area contributed by atoms with Gasteiger partial charge in [0.05, 0.1) is 13.7 Å². The highest BCUT2D eigenvalue weighted by atomic mass is 19.1. The summed E-state index contributed by atoms with van der Waals surface area (Å²) >= 11 is 0. The van der Waals surface area contributed by atoms with E-state index in [2.05, 4.69) is 4.84 Å². The molecule has 0 bridgehead atoms. The molecule has 0 amide bonds. The number of hydrogen-bond donors (Lipinski definition) is 1. The Morgan fingerprint density at radius 2 is 2.14 bits per heavy atom. The standard InChI is InChI=1S/C10H14FNO2/c1-7-3-4-9(11)8(5-6-14-12)10(7)13-2/h3-4H,5-6,12H2,1-2H3. The van der Waals surface area contributed by atoms with Gasteiger partial charge >= 0.3 is 0 Å². The van der Waals surface area contributed by atoms with Gasteiger partial charge in [-0.15, -0.1) is 0 Å². The lowest BCUT2D eigenvalue weighted by molar-refractivity contribution is 0.140. The summed E-state index contributed by atoms with van der Waals surface area (Å²) in [5, 5.41) is 0. The zero-order valence-corrected chi connectivity index (χ0v) is 8.34. The molecule has 0 aliphatic carbocycles. The van der Waals surface area contributed by atoms with Crippen LogP contribution in [0.3, 0.4) is 0 Å². The predicted octanol–water partition coefficient (Wildman–Crippen LogP) is 1.58. The lowest BCUT2D eigenvalue weighted by Gasteiger charge is -2.11. The molecule has 0 atom stereocenters. The number of aryl methyl sites for hydroxylation is 1. The molecule has 0 fully saturated rings. The van der Waals surface area contributed by atoms with Crippen molar-refractivity contribution in [2.75, 3.05) is 13.7 Å². The van der Waals surface area contributed by atoms with Gasteiger partial charge in [-0.25, -0.2) is 10.3 Å². The van der Waals surface area contributed by atoms with Gasteiger partial charge in [0, 0.05) is 12.0 Å². The molecule has 0 aliphatic rings. The maximum absolute atomic E-state index is 13.4. The van der Waals surface area contributed by atoms with E-state index in [4.69, 9.17) is 10.6 Å². The number of benzene rings is 1. The van der Waals surface area contributed by atoms with Crippen molar-refractivity contribution in [3.8, 4) is 5.75 Å². The van der Waals surface area contributed by atoms with Crippen LogP contribution in [-0.4, -0.2) is 13.7 Å². The third kappa shape index (κ3) is 2.21. The van der Waals surface area contributed by atoms with Gasteiger partial charge in [-0.3, -0.25) is 0 Å². The van der Waals surface area contributed by atoms with E-state index >= 15 is 0 Å². The molecular formula is C10H14FNO2. The van der Waals surface area contributed by atoms with E-state index in [1.165, 1.54) is 13.2 Å². The molecule has 0 saturated heterocycles. The summed E-state index contributed by atoms with van der Waals surface area (Å²) in [6, 6.07) is 3.10. The molecule has 0 aromatic heterocycles. The van der Waals surface area contributed by atoms with Crippen LogP contribution in [0.1, 0.15) is 11.1 Å². The first-order chi connectivity index (χ1) is 6.70. The summed E-state index contributed by atoms with van der Waals surface area (Å²) in [7, 11) is 1.52. The van der Waals surface area contributed by atoms with E-state index in [9.17, 15) is 4.39 Å². The van der Waals surface area contributed by atoms with E-state index in [0.717, 1.165) is 5.56 Å². The SMILES string of the molecule is COc1c(C)ccc(F)c1CCON. The van der Waals surface area contributed by atoms with Gasteiger partial charge in [0.25, 0.3) is 0 Å². The second-order valence-corrected chi connectivity index (χ2v) is 3.00. The Kier molecular flexibility index (Phi) is 3.85. The molecule has 0 radical (unpaired) electrons. The highest BCUT2D eigenvalue weighted by Gasteiger charge is 2.11. The van der Waals surface area contributed by atoms with Crippen molar-refractivity contribution in [1.82, 2.24) is 0 Å². The Morgan fingerprint density at radius 1 is 1.43 bits per heavy atom. The Morgan fingerprint density at radius 3 is 2.71 bits per heavy atom. The Labute approximate surface area is 82.6 Å². The molecule has 0 unspecified atom stereocenters. The van der Waals surface area contributed by atoms with Gasteiger partial charge in [-0.2, -0.15) is 0 Å². The molecule has 0 aliphatic heterocycles. The van der Waals surface area contributed by atoms with Crippen molar-refractivity contribution in [1.29, 1.82) is 0 Å². The van der Waals surface area contributed by atoms with Crippen LogP contribution in [0.5, 0.6) is 5.75 Å². The fourth-order valence-corrected chi connectivity index (χ4v) is 1.40. The number of nitrogens with two attached hydrogens (primary N) is 1. The van der Waals surface area contributed by atoms with Crippen LogP contribution in [0, 0.1) is 12.7 Å². The molecule has 2 N–H and O–H groups in total. The fourth-order valence-electron chi connectivity index (χ4n) is 1.40. The van der Waals surface area contributed by atoms with E-state index in [-0.39, 0.29) is 12.4 Å². The van der Waals surface area contributed by atoms with Crippen molar-refractivity contribution in [2.24, 2.45) is 5.90 Å². The molecule has 0 heterocycles. The molecule has 0 saturated carbocycles. The summed E-state index contributed by atoms with van der Waals surface area (Å²) in [5.41, 5.74) is 1.42. The summed E-state index contributed by atoms with van der Waals surface area (Å²) < 4.78 is 18.5. The highest BCUT2D eigenvalue weighted by Crippen LogP contribution is 2.26. The number of methoxy groups -OCH3 is 1. The Bertz CT molecular complexity index is 315. The van der Waals surface area contributed by atoms with Gasteiger partial charge in [0.15, 0.2) is 0 Å². The third-order valence-corrected chi connectivity index (χ3v) is 2.07. The van der Waals surface area contributed by atoms with E-state index in [1.807, 2.05) is 6.92 Å². The molecular weight excluding hydrogens is 185 g/mol. The third-order valence-electron chi connectivity index (χ3n) is 2.07. The summed E-state index contributed by atoms with van der Waals surface area (Å²) in [6.45, 7) is 2.14. The second-order valence-electron chi connectivity index (χ2n) is 3.00. The Balaban J connectivity index is 3.03. The van der Waals surface area contributed by atoms with E-state index in [1.54, 1.807) is 6.07 Å². The predicted molar refractivity (Wildman–Crippen MR) is 51.5 cm³/mol. The summed E-state index contributed by atoms with van der Waals surface area (Å²) in [5.74, 6) is 5.18. The first kappa shape index (κ1) is 10.9. The first-order valence-electron chi connectivity index (χ1n) is 4.34. The summed E-state index contributed by atoms with van der Waals surface area (Å²) in [6.07, 6.45) is 0.410. The van der Waals surface area contributed by atoms with Crippen molar-refractivity contribution >= 4 is 0 Å². The molecule has 4 heteroatoms. The summed E-state index contributed by atoms with van der Waals surface area (Å²) in [4.78, 5) is 4.42. The Hall–Kier alpha value is -1.13. The fraction of sp³-hybridized carbons (Fsp3) is 0.400. The first-order valence-corrected chi connectivity index (χ1v) is 4.34. The number of ether oxygens (including phenoxy) is 1. The van der Waals surface area contributed by atoms with Crippen LogP contribution in [-0.2, 0) is 11.3 Å². The van der Waals surface area contributed by atoms with Crippen molar-refractivity contribution in [3.05, 3.63) is 29.1 Å². The van der Waals surface area contributed by atoms with Gasteiger partial charge in [-0.05, 0) is 18.6 Å². The van der Waals surface area contributed by atoms with Crippen molar-refractivity contribution in [2.45, 2.75) is 13.3 Å². The quantitative estimate of drug-likeness (QED) is 0.749. The van der Waals surface area contributed by atoms with Gasteiger partial charge < -0.3 is 9.57 Å². The molecule has 1 aromatic rings. The van der Waals surface area contributed by atoms with Gasteiger partial charge in [0.1, 0.15) is 11.6 Å². The minimum Gasteiger partial charge on any atom is -0.496 e. The van der Waals surface area contributed by atoms with Crippen LogP contribution < -0.4 is 10.6 Å². The topological polar surface area (TPSA) is 44.5 Å². The number of rotatable bonds is 4. The smallest absolute Gasteiger partial charge is 0.130 e. The second kappa shape index (κ2) is 4.93. The molecule has 1 rings (SSSR count). The minimum absolute atomic E-state index is 0.275. The van der Waals surface area contributed by atoms with Crippen molar-refractivity contribution in [3.63, 3.8) is 0 Å². The maximum atomic E-state index is 13.4. The van der Waals surface area contributed by atoms with Crippen LogP contribution in [0.4, 0.5) is 4.39 Å². The highest BCUT2D eigenvalue weighted by molar-refractivity contribution is 5.41. The normalized spacial score (nSPS) is 10.3. The zero-order chi connectivity index (χ0) is 10.6. The largest absolute Gasteiger partial charge is 0.496 e. The molecule has 78 valence electrons. The molecule has 3 nitrogen and oxygen atoms in total. The van der Waals surface area contributed by atoms with Crippen LogP contribution in [0.25, 0.3) is 0 Å². The molecule has 1 aromatic carbocycles. The van der Waals surface area contributed by atoms with E-state index in [0.29, 0.717) is 17.7 Å². The lowest BCUT2D eigenvalue weighted by atomic mass is 10.1. The average molecular weight is 199 g/mol. The van der Waals surface area contributed by atoms with E-state index < -0.39 is 0 Å². The van der Waals surface area contributed by atoms with Crippen LogP contribution in [0.15, 0.2) is 12.1 Å². The van der Waals surface area contributed by atoms with Crippen molar-refractivity contribution < 1.29 is 14.0 Å². The minimum atomic E-state index is -0.287. The number of hydrogen-bond acceptors (Lipinski definition) is 3. The van der Waals surface area contributed by atoms with Crippen LogP contribution in [0.2, 0.25) is 0 Å². The zero-order valence-electron chi connectivity index (χ0n) is 8.34. The average Bonchev–Trinajstić information content (AvgIpc) is 2.19. The lowest BCUT2D eigenvalue weighted by Crippen LogP contribution is -2.07. The van der Waals surface area contributed by atoms with Gasteiger partial charge in [-0.1, -0.05) is 6.07 Å².